The van der Waals surface area contributed by atoms with Gasteiger partial charge in [0.1, 0.15) is 0 Å². The molecule has 0 bridgehead atoms. The van der Waals surface area contributed by atoms with Gasteiger partial charge in [-0.15, -0.1) is 0 Å². The van der Waals surface area contributed by atoms with E-state index in [4.69, 9.17) is 0 Å². The molecular formula is C25H24BrN. The average Bonchev–Trinajstić information content (AvgIpc) is 2.60. The van der Waals surface area contributed by atoms with Crippen LogP contribution in [0.5, 0.6) is 0 Å². The van der Waals surface area contributed by atoms with Crippen LogP contribution in [0.3, 0.4) is 0 Å². The van der Waals surface area contributed by atoms with Gasteiger partial charge in [-0.05, 0) is 52.9 Å². The maximum atomic E-state index is 3.71. The van der Waals surface area contributed by atoms with Crippen molar-refractivity contribution in [2.75, 3.05) is 4.90 Å². The average molecular weight is 418 g/mol. The summed E-state index contributed by atoms with van der Waals surface area (Å²) in [5, 5.41) is 0. The van der Waals surface area contributed by atoms with Crippen LogP contribution in [0.4, 0.5) is 17.1 Å². The third kappa shape index (κ3) is 2.11. The molecule has 0 aromatic heterocycles. The van der Waals surface area contributed by atoms with Crippen LogP contribution in [0.25, 0.3) is 0 Å². The molecule has 0 N–H and O–H groups in total. The zero-order chi connectivity index (χ0) is 19.1. The van der Waals surface area contributed by atoms with E-state index >= 15 is 0 Å². The Bertz CT molecular complexity index is 1020. The minimum Gasteiger partial charge on any atom is -0.309 e. The molecule has 2 aliphatic rings. The third-order valence-corrected chi connectivity index (χ3v) is 7.04. The molecule has 136 valence electrons. The lowest BCUT2D eigenvalue weighted by atomic mass is 9.66. The molecular weight excluding hydrogens is 394 g/mol. The van der Waals surface area contributed by atoms with Crippen LogP contribution in [-0.2, 0) is 10.8 Å². The van der Waals surface area contributed by atoms with Crippen molar-refractivity contribution in [3.8, 4) is 0 Å². The minimum absolute atomic E-state index is 0.0233. The summed E-state index contributed by atoms with van der Waals surface area (Å²) in [6.45, 7) is 11.6. The van der Waals surface area contributed by atoms with E-state index in [-0.39, 0.29) is 10.8 Å². The molecule has 2 heteroatoms. The van der Waals surface area contributed by atoms with Gasteiger partial charge in [0.25, 0.3) is 0 Å². The fourth-order valence-electron chi connectivity index (χ4n) is 5.03. The van der Waals surface area contributed by atoms with E-state index in [9.17, 15) is 0 Å². The quantitative estimate of drug-likeness (QED) is 0.365. The molecule has 0 atom stereocenters. The lowest BCUT2D eigenvalue weighted by molar-refractivity contribution is 0.597. The predicted molar refractivity (Wildman–Crippen MR) is 118 cm³/mol. The number of halogens is 1. The van der Waals surface area contributed by atoms with Crippen LogP contribution in [0.1, 0.15) is 55.5 Å². The molecule has 0 amide bonds. The lowest BCUT2D eigenvalue weighted by Gasteiger charge is -2.49. The molecule has 2 heterocycles. The Morgan fingerprint density at radius 2 is 1.26 bits per heavy atom. The summed E-state index contributed by atoms with van der Waals surface area (Å²) in [7, 11) is 0. The normalized spacial score (nSPS) is 17.8. The second-order valence-corrected chi connectivity index (χ2v) is 9.88. The third-order valence-electron chi connectivity index (χ3n) is 6.55. The molecule has 0 spiro atoms. The van der Waals surface area contributed by atoms with Gasteiger partial charge in [0.15, 0.2) is 0 Å². The summed E-state index contributed by atoms with van der Waals surface area (Å²) in [4.78, 5) is 2.50. The number of hydrogen-bond acceptors (Lipinski definition) is 1. The van der Waals surface area contributed by atoms with Crippen LogP contribution < -0.4 is 4.90 Å². The Kier molecular flexibility index (Phi) is 3.32. The highest BCUT2D eigenvalue weighted by molar-refractivity contribution is 9.10. The minimum atomic E-state index is -0.0325. The number of rotatable bonds is 0. The first kappa shape index (κ1) is 17.1. The van der Waals surface area contributed by atoms with E-state index in [1.807, 2.05) is 0 Å². The molecule has 1 nitrogen and oxygen atoms in total. The molecule has 0 saturated carbocycles. The van der Waals surface area contributed by atoms with Crippen molar-refractivity contribution < 1.29 is 0 Å². The molecule has 0 aliphatic carbocycles. The fraction of sp³-hybridized carbons (Fsp3) is 0.280. The number of fused-ring (bicyclic) bond motifs is 4. The van der Waals surface area contributed by atoms with Crippen molar-refractivity contribution in [1.29, 1.82) is 0 Å². The van der Waals surface area contributed by atoms with E-state index in [0.717, 1.165) is 4.47 Å². The monoisotopic (exact) mass is 417 g/mol. The van der Waals surface area contributed by atoms with E-state index in [2.05, 4.69) is 110 Å². The molecule has 3 aromatic carbocycles. The molecule has 3 aromatic rings. The first-order valence-corrected chi connectivity index (χ1v) is 10.4. The zero-order valence-corrected chi connectivity index (χ0v) is 18.1. The number of nitrogens with zero attached hydrogens (tertiary/aromatic N) is 1. The van der Waals surface area contributed by atoms with Gasteiger partial charge in [-0.3, -0.25) is 0 Å². The Morgan fingerprint density at radius 1 is 0.704 bits per heavy atom. The molecule has 5 rings (SSSR count). The van der Waals surface area contributed by atoms with Gasteiger partial charge >= 0.3 is 0 Å². The van der Waals surface area contributed by atoms with Crippen LogP contribution in [0.15, 0.2) is 59.1 Å². The van der Waals surface area contributed by atoms with Crippen LogP contribution in [0.2, 0.25) is 0 Å². The van der Waals surface area contributed by atoms with Crippen molar-refractivity contribution in [2.45, 2.75) is 45.4 Å². The second kappa shape index (κ2) is 5.26. The SMILES string of the molecule is Cc1ccc2c(c1)N1c3cc(Br)ccc3C(C)(C)c3cccc(c31)C2(C)C. The van der Waals surface area contributed by atoms with Gasteiger partial charge in [0.2, 0.25) is 0 Å². The molecule has 0 radical (unpaired) electrons. The maximum Gasteiger partial charge on any atom is 0.0543 e. The van der Waals surface area contributed by atoms with E-state index in [0.29, 0.717) is 0 Å². The summed E-state index contributed by atoms with van der Waals surface area (Å²) >= 11 is 3.71. The van der Waals surface area contributed by atoms with Crippen molar-refractivity contribution >= 4 is 33.0 Å². The highest BCUT2D eigenvalue weighted by Crippen LogP contribution is 2.60. The number of anilines is 3. The van der Waals surface area contributed by atoms with Crippen molar-refractivity contribution in [1.82, 2.24) is 0 Å². The number of benzene rings is 3. The van der Waals surface area contributed by atoms with Gasteiger partial charge in [-0.2, -0.15) is 0 Å². The van der Waals surface area contributed by atoms with Gasteiger partial charge in [0, 0.05) is 15.3 Å². The summed E-state index contributed by atoms with van der Waals surface area (Å²) in [6, 6.07) is 20.5. The summed E-state index contributed by atoms with van der Waals surface area (Å²) in [6.07, 6.45) is 0. The number of aryl methyl sites for hydroxylation is 1. The molecule has 2 aliphatic heterocycles. The Labute approximate surface area is 170 Å². The summed E-state index contributed by atoms with van der Waals surface area (Å²) in [5.41, 5.74) is 10.8. The second-order valence-electron chi connectivity index (χ2n) is 8.97. The van der Waals surface area contributed by atoms with Crippen molar-refractivity contribution in [2.24, 2.45) is 0 Å². The van der Waals surface area contributed by atoms with E-state index in [1.165, 1.54) is 44.9 Å². The summed E-state index contributed by atoms with van der Waals surface area (Å²) in [5.74, 6) is 0. The van der Waals surface area contributed by atoms with E-state index in [1.54, 1.807) is 0 Å². The summed E-state index contributed by atoms with van der Waals surface area (Å²) < 4.78 is 1.12. The number of para-hydroxylation sites is 1. The Hall–Kier alpha value is -2.06. The van der Waals surface area contributed by atoms with Gasteiger partial charge in [0.05, 0.1) is 17.1 Å². The largest absolute Gasteiger partial charge is 0.309 e. The van der Waals surface area contributed by atoms with Gasteiger partial charge < -0.3 is 4.90 Å². The van der Waals surface area contributed by atoms with E-state index < -0.39 is 0 Å². The Balaban J connectivity index is 1.97. The molecule has 0 unspecified atom stereocenters. The highest BCUT2D eigenvalue weighted by atomic mass is 79.9. The number of hydrogen-bond donors (Lipinski definition) is 0. The maximum absolute atomic E-state index is 3.71. The highest BCUT2D eigenvalue weighted by Gasteiger charge is 2.45. The predicted octanol–water partition coefficient (Wildman–Crippen LogP) is 7.51. The standard InChI is InChI=1S/C25H24BrN/c1-15-9-11-17-21(13-15)27-22-14-16(26)10-12-18(22)25(4,5)20-8-6-7-19(23(20)27)24(17,2)3/h6-14H,1-5H3. The van der Waals surface area contributed by atoms with Crippen molar-refractivity contribution in [3.63, 3.8) is 0 Å². The lowest BCUT2D eigenvalue weighted by Crippen LogP contribution is -2.38. The zero-order valence-electron chi connectivity index (χ0n) is 16.5. The van der Waals surface area contributed by atoms with Crippen LogP contribution in [-0.4, -0.2) is 0 Å². The molecule has 0 saturated heterocycles. The van der Waals surface area contributed by atoms with Crippen molar-refractivity contribution in [3.05, 3.63) is 86.9 Å². The van der Waals surface area contributed by atoms with Gasteiger partial charge in [-0.25, -0.2) is 0 Å². The van der Waals surface area contributed by atoms with Crippen LogP contribution in [0, 0.1) is 6.92 Å². The van der Waals surface area contributed by atoms with Gasteiger partial charge in [-0.1, -0.05) is 80.0 Å². The molecule has 27 heavy (non-hydrogen) atoms. The first-order chi connectivity index (χ1) is 12.7. The fourth-order valence-corrected chi connectivity index (χ4v) is 5.38. The van der Waals surface area contributed by atoms with Crippen LogP contribution >= 0.6 is 15.9 Å². The smallest absolute Gasteiger partial charge is 0.0543 e. The topological polar surface area (TPSA) is 3.24 Å². The first-order valence-electron chi connectivity index (χ1n) is 9.58. The molecule has 0 fully saturated rings. The Morgan fingerprint density at radius 3 is 1.89 bits per heavy atom.